The fourth-order valence-electron chi connectivity index (χ4n) is 4.36. The molecule has 0 fully saturated rings. The molecule has 1 N–H and O–H groups in total. The molecule has 0 aliphatic heterocycles. The van der Waals surface area contributed by atoms with E-state index in [1.807, 2.05) is 25.2 Å². The number of ether oxygens (including phenoxy) is 4. The van der Waals surface area contributed by atoms with Crippen molar-refractivity contribution in [2.75, 3.05) is 70.4 Å². The smallest absolute Gasteiger partial charge is 0.264 e. The van der Waals surface area contributed by atoms with Crippen LogP contribution in [0.4, 0.5) is 11.4 Å². The van der Waals surface area contributed by atoms with Crippen LogP contribution < -0.4 is 28.0 Å². The lowest BCUT2D eigenvalue weighted by Crippen LogP contribution is -2.34. The summed E-state index contributed by atoms with van der Waals surface area (Å²) in [5.74, 6) is 2.22. The SMILES string of the molecule is COc1ccc(CCN(C)CCCN(c2ccc(OC)c(OC)c2)S(=O)(=O)c2ccc(NS(C)(=O)=O)cc2)cc1OC.Cl. The van der Waals surface area contributed by atoms with Crippen LogP contribution in [0.3, 0.4) is 0 Å². The van der Waals surface area contributed by atoms with E-state index in [0.717, 1.165) is 24.8 Å². The Hall–Kier alpha value is -3.39. The van der Waals surface area contributed by atoms with Crippen LogP contribution in [0.1, 0.15) is 12.0 Å². The maximum absolute atomic E-state index is 13.9. The normalized spacial score (nSPS) is 11.4. The van der Waals surface area contributed by atoms with Crippen molar-refractivity contribution in [1.29, 1.82) is 0 Å². The summed E-state index contributed by atoms with van der Waals surface area (Å²) in [7, 11) is 0.678. The zero-order valence-electron chi connectivity index (χ0n) is 25.2. The fourth-order valence-corrected chi connectivity index (χ4v) is 6.42. The number of sulfonamides is 2. The lowest BCUT2D eigenvalue weighted by atomic mass is 10.1. The third-order valence-corrected chi connectivity index (χ3v) is 8.98. The minimum Gasteiger partial charge on any atom is -0.493 e. The number of likely N-dealkylation sites (N-methyl/N-ethyl adjacent to an activating group) is 1. The Balaban J connectivity index is 0.00000645. The molecule has 0 aliphatic rings. The second kappa shape index (κ2) is 15.9. The molecule has 0 spiro atoms. The predicted octanol–water partition coefficient (Wildman–Crippen LogP) is 4.27. The molecule has 238 valence electrons. The van der Waals surface area contributed by atoms with E-state index in [0.29, 0.717) is 41.7 Å². The maximum Gasteiger partial charge on any atom is 0.264 e. The number of anilines is 2. The fraction of sp³-hybridized carbons (Fsp3) is 0.379. The standard InChI is InChI=1S/C29H39N3O8S2.ClH/c1-31(19-16-22-8-14-26(37-2)28(20-22)39-4)17-7-18-32(24-11-15-27(38-3)29(21-24)40-5)42(35,36)25-12-9-23(10-13-25)30-41(6,33)34;/h8-15,20-21,30H,7,16-19H2,1-6H3;1H. The number of nitrogens with zero attached hydrogens (tertiary/aromatic N) is 2. The molecule has 0 unspecified atom stereocenters. The van der Waals surface area contributed by atoms with E-state index in [4.69, 9.17) is 18.9 Å². The first-order valence-electron chi connectivity index (χ1n) is 13.1. The van der Waals surface area contributed by atoms with Gasteiger partial charge in [0.15, 0.2) is 23.0 Å². The van der Waals surface area contributed by atoms with Gasteiger partial charge in [-0.25, -0.2) is 16.8 Å². The van der Waals surface area contributed by atoms with Gasteiger partial charge in [0, 0.05) is 24.8 Å². The summed E-state index contributed by atoms with van der Waals surface area (Å²) in [5, 5.41) is 0. The third-order valence-electron chi connectivity index (χ3n) is 6.53. The number of nitrogens with one attached hydrogen (secondary N) is 1. The molecule has 0 heterocycles. The Morgan fingerprint density at radius 3 is 1.81 bits per heavy atom. The van der Waals surface area contributed by atoms with Gasteiger partial charge in [0.2, 0.25) is 10.0 Å². The molecule has 0 saturated heterocycles. The van der Waals surface area contributed by atoms with E-state index >= 15 is 0 Å². The summed E-state index contributed by atoms with van der Waals surface area (Å²) in [6.45, 7) is 1.60. The molecule has 0 bridgehead atoms. The first-order valence-corrected chi connectivity index (χ1v) is 16.5. The molecule has 0 aromatic heterocycles. The highest BCUT2D eigenvalue weighted by molar-refractivity contribution is 7.93. The van der Waals surface area contributed by atoms with Gasteiger partial charge in [-0.2, -0.15) is 0 Å². The van der Waals surface area contributed by atoms with Gasteiger partial charge >= 0.3 is 0 Å². The molecule has 0 radical (unpaired) electrons. The van der Waals surface area contributed by atoms with Crippen LogP contribution in [-0.4, -0.2) is 83.1 Å². The van der Waals surface area contributed by atoms with Crippen molar-refractivity contribution in [3.8, 4) is 23.0 Å². The van der Waals surface area contributed by atoms with Crippen LogP contribution >= 0.6 is 12.4 Å². The van der Waals surface area contributed by atoms with Crippen molar-refractivity contribution in [1.82, 2.24) is 4.90 Å². The van der Waals surface area contributed by atoms with Gasteiger partial charge in [-0.1, -0.05) is 6.07 Å². The molecule has 0 aliphatic carbocycles. The predicted molar refractivity (Wildman–Crippen MR) is 172 cm³/mol. The van der Waals surface area contributed by atoms with Gasteiger partial charge in [0.25, 0.3) is 10.0 Å². The van der Waals surface area contributed by atoms with Crippen LogP contribution in [0.5, 0.6) is 23.0 Å². The number of benzene rings is 3. The number of hydrogen-bond acceptors (Lipinski definition) is 9. The maximum atomic E-state index is 13.9. The molecule has 43 heavy (non-hydrogen) atoms. The van der Waals surface area contributed by atoms with E-state index in [1.165, 1.54) is 42.8 Å². The van der Waals surface area contributed by atoms with Crippen molar-refractivity contribution in [2.24, 2.45) is 0 Å². The van der Waals surface area contributed by atoms with Crippen molar-refractivity contribution in [2.45, 2.75) is 17.7 Å². The molecule has 3 rings (SSSR count). The van der Waals surface area contributed by atoms with Gasteiger partial charge in [-0.15, -0.1) is 12.4 Å². The van der Waals surface area contributed by atoms with Crippen LogP contribution in [-0.2, 0) is 26.5 Å². The van der Waals surface area contributed by atoms with Gasteiger partial charge in [0.05, 0.1) is 45.3 Å². The molecular weight excluding hydrogens is 618 g/mol. The van der Waals surface area contributed by atoms with Crippen LogP contribution in [0.15, 0.2) is 65.6 Å². The first kappa shape index (κ1) is 35.8. The molecule has 0 amide bonds. The summed E-state index contributed by atoms with van der Waals surface area (Å²) in [4.78, 5) is 2.17. The van der Waals surface area contributed by atoms with E-state index in [2.05, 4.69) is 9.62 Å². The van der Waals surface area contributed by atoms with E-state index < -0.39 is 20.0 Å². The van der Waals surface area contributed by atoms with Crippen LogP contribution in [0.25, 0.3) is 0 Å². The minimum absolute atomic E-state index is 0. The summed E-state index contributed by atoms with van der Waals surface area (Å²) >= 11 is 0. The topological polar surface area (TPSA) is 124 Å². The zero-order valence-corrected chi connectivity index (χ0v) is 27.6. The Morgan fingerprint density at radius 2 is 1.26 bits per heavy atom. The molecule has 3 aromatic carbocycles. The molecular formula is C29H40ClN3O8S2. The average molecular weight is 658 g/mol. The number of halogens is 1. The quantitative estimate of drug-likeness (QED) is 0.240. The Morgan fingerprint density at radius 1 is 0.698 bits per heavy atom. The van der Waals surface area contributed by atoms with Crippen molar-refractivity contribution in [3.63, 3.8) is 0 Å². The number of methoxy groups -OCH3 is 4. The van der Waals surface area contributed by atoms with Crippen molar-refractivity contribution < 1.29 is 35.8 Å². The Labute approximate surface area is 261 Å². The highest BCUT2D eigenvalue weighted by Gasteiger charge is 2.26. The lowest BCUT2D eigenvalue weighted by Gasteiger charge is -2.26. The Bertz CT molecular complexity index is 1550. The number of hydrogen-bond donors (Lipinski definition) is 1. The Kier molecular flexibility index (Phi) is 13.2. The third kappa shape index (κ3) is 9.82. The highest BCUT2D eigenvalue weighted by atomic mass is 35.5. The second-order valence-electron chi connectivity index (χ2n) is 9.61. The van der Waals surface area contributed by atoms with Crippen molar-refractivity contribution >= 4 is 43.8 Å². The first-order chi connectivity index (χ1) is 19.9. The van der Waals surface area contributed by atoms with Gasteiger partial charge < -0.3 is 23.8 Å². The van der Waals surface area contributed by atoms with E-state index in [-0.39, 0.29) is 29.5 Å². The summed E-state index contributed by atoms with van der Waals surface area (Å²) in [6.07, 6.45) is 2.35. The summed E-state index contributed by atoms with van der Waals surface area (Å²) in [5.41, 5.74) is 1.78. The van der Waals surface area contributed by atoms with E-state index in [1.54, 1.807) is 32.4 Å². The molecule has 0 saturated carbocycles. The van der Waals surface area contributed by atoms with Gasteiger partial charge in [-0.3, -0.25) is 9.03 Å². The van der Waals surface area contributed by atoms with Crippen LogP contribution in [0, 0.1) is 0 Å². The molecule has 0 atom stereocenters. The summed E-state index contributed by atoms with van der Waals surface area (Å²) < 4.78 is 76.0. The second-order valence-corrected chi connectivity index (χ2v) is 13.2. The van der Waals surface area contributed by atoms with Crippen molar-refractivity contribution in [3.05, 3.63) is 66.2 Å². The van der Waals surface area contributed by atoms with Crippen LogP contribution in [0.2, 0.25) is 0 Å². The monoisotopic (exact) mass is 657 g/mol. The average Bonchev–Trinajstić information content (AvgIpc) is 2.97. The molecule has 14 heteroatoms. The summed E-state index contributed by atoms with van der Waals surface area (Å²) in [6, 6.07) is 16.4. The molecule has 11 nitrogen and oxygen atoms in total. The highest BCUT2D eigenvalue weighted by Crippen LogP contribution is 2.34. The molecule has 3 aromatic rings. The number of rotatable bonds is 16. The largest absolute Gasteiger partial charge is 0.493 e. The van der Waals surface area contributed by atoms with Gasteiger partial charge in [0.1, 0.15) is 0 Å². The lowest BCUT2D eigenvalue weighted by molar-refractivity contribution is 0.334. The van der Waals surface area contributed by atoms with Gasteiger partial charge in [-0.05, 0) is 80.5 Å². The zero-order chi connectivity index (χ0) is 30.9. The minimum atomic E-state index is -4.01. The van der Waals surface area contributed by atoms with E-state index in [9.17, 15) is 16.8 Å².